The van der Waals surface area contributed by atoms with Crippen LogP contribution in [0.1, 0.15) is 5.56 Å². The van der Waals surface area contributed by atoms with Gasteiger partial charge in [-0.2, -0.15) is 0 Å². The third-order valence-corrected chi connectivity index (χ3v) is 1.65. The lowest BCUT2D eigenvalue weighted by Crippen LogP contribution is -2.12. The highest BCUT2D eigenvalue weighted by Gasteiger charge is 2.03. The molecule has 2 N–H and O–H groups in total. The van der Waals surface area contributed by atoms with Gasteiger partial charge in [0.25, 0.3) is 10.9 Å². The molecule has 0 bridgehead atoms. The van der Waals surface area contributed by atoms with Crippen LogP contribution >= 0.6 is 12.2 Å². The minimum absolute atomic E-state index is 0.0386. The smallest absolute Gasteiger partial charge is 0.269 e. The number of nitro benzene ring substituents is 1. The van der Waals surface area contributed by atoms with E-state index in [1.807, 2.05) is 0 Å². The van der Waals surface area contributed by atoms with Crippen molar-refractivity contribution in [2.75, 3.05) is 0 Å². The van der Waals surface area contributed by atoms with Crippen molar-refractivity contribution in [1.29, 1.82) is 0 Å². The van der Waals surface area contributed by atoms with Gasteiger partial charge in [-0.15, -0.1) is 0 Å². The molecule has 0 fully saturated rings. The van der Waals surface area contributed by atoms with E-state index in [0.29, 0.717) is 0 Å². The summed E-state index contributed by atoms with van der Waals surface area (Å²) in [5.74, 6) is 0. The van der Waals surface area contributed by atoms with Gasteiger partial charge in [-0.3, -0.25) is 10.1 Å². The van der Waals surface area contributed by atoms with Crippen molar-refractivity contribution < 1.29 is 9.66 Å². The zero-order chi connectivity index (χ0) is 10.6. The monoisotopic (exact) mass is 212 g/mol. The molecule has 0 unspecified atom stereocenters. The maximum Gasteiger partial charge on any atom is 0.269 e. The summed E-state index contributed by atoms with van der Waals surface area (Å²) < 4.78 is 4.87. The first-order chi connectivity index (χ1) is 6.59. The Kier molecular flexibility index (Phi) is 3.35. The first kappa shape index (κ1) is 10.4. The van der Waals surface area contributed by atoms with E-state index in [0.717, 1.165) is 5.56 Å². The predicted molar refractivity (Wildman–Crippen MR) is 54.7 cm³/mol. The van der Waals surface area contributed by atoms with Crippen molar-refractivity contribution in [2.45, 2.75) is 6.61 Å². The Morgan fingerprint density at radius 1 is 1.50 bits per heavy atom. The molecule has 14 heavy (non-hydrogen) atoms. The summed E-state index contributed by atoms with van der Waals surface area (Å²) in [6.45, 7) is 0.229. The van der Waals surface area contributed by atoms with Crippen LogP contribution < -0.4 is 5.73 Å². The molecule has 1 rings (SSSR count). The van der Waals surface area contributed by atoms with Crippen molar-refractivity contribution >= 4 is 23.1 Å². The van der Waals surface area contributed by atoms with E-state index in [2.05, 4.69) is 12.2 Å². The second kappa shape index (κ2) is 4.52. The van der Waals surface area contributed by atoms with Crippen LogP contribution in [0.5, 0.6) is 0 Å². The first-order valence-corrected chi connectivity index (χ1v) is 4.16. The lowest BCUT2D eigenvalue weighted by atomic mass is 10.2. The van der Waals surface area contributed by atoms with Crippen LogP contribution in [-0.2, 0) is 11.3 Å². The number of nitrogens with two attached hydrogens (primary N) is 1. The van der Waals surface area contributed by atoms with Crippen molar-refractivity contribution in [3.8, 4) is 0 Å². The van der Waals surface area contributed by atoms with Crippen molar-refractivity contribution in [3.05, 3.63) is 39.9 Å². The molecule has 0 aliphatic rings. The molecule has 0 spiro atoms. The number of nitro groups is 1. The quantitative estimate of drug-likeness (QED) is 0.465. The molecule has 0 saturated heterocycles. The van der Waals surface area contributed by atoms with Gasteiger partial charge < -0.3 is 10.5 Å². The summed E-state index contributed by atoms with van der Waals surface area (Å²) in [4.78, 5) is 9.85. The van der Waals surface area contributed by atoms with Crippen LogP contribution in [0.4, 0.5) is 5.69 Å². The van der Waals surface area contributed by atoms with Gasteiger partial charge in [-0.05, 0) is 29.9 Å². The third-order valence-electron chi connectivity index (χ3n) is 1.53. The maximum atomic E-state index is 10.3. The molecule has 1 aromatic carbocycles. The molecule has 0 atom stereocenters. The minimum Gasteiger partial charge on any atom is -0.466 e. The highest BCUT2D eigenvalue weighted by Crippen LogP contribution is 2.12. The highest BCUT2D eigenvalue weighted by atomic mass is 32.1. The molecule has 0 aliphatic carbocycles. The minimum atomic E-state index is -0.460. The molecule has 1 aromatic rings. The number of hydrogen-bond donors (Lipinski definition) is 1. The Morgan fingerprint density at radius 2 is 2.07 bits per heavy atom. The molecule has 5 nitrogen and oxygen atoms in total. The topological polar surface area (TPSA) is 78.4 Å². The summed E-state index contributed by atoms with van der Waals surface area (Å²) in [7, 11) is 0. The molecule has 0 saturated carbocycles. The fourth-order valence-electron chi connectivity index (χ4n) is 0.868. The maximum absolute atomic E-state index is 10.3. The molecule has 0 radical (unpaired) electrons. The Balaban J connectivity index is 2.64. The van der Waals surface area contributed by atoms with Crippen molar-refractivity contribution in [3.63, 3.8) is 0 Å². The van der Waals surface area contributed by atoms with E-state index in [-0.39, 0.29) is 17.5 Å². The molecule has 0 amide bonds. The number of rotatable bonds is 3. The molecule has 6 heteroatoms. The number of ether oxygens (including phenoxy) is 1. The number of benzene rings is 1. The Bertz CT molecular complexity index is 350. The van der Waals surface area contributed by atoms with Gasteiger partial charge in [0.1, 0.15) is 6.61 Å². The summed E-state index contributed by atoms with van der Waals surface area (Å²) >= 11 is 4.51. The van der Waals surface area contributed by atoms with Gasteiger partial charge in [-0.25, -0.2) is 0 Å². The van der Waals surface area contributed by atoms with Crippen molar-refractivity contribution in [2.24, 2.45) is 5.73 Å². The lowest BCUT2D eigenvalue weighted by molar-refractivity contribution is -0.384. The van der Waals surface area contributed by atoms with Crippen LogP contribution in [0.3, 0.4) is 0 Å². The van der Waals surface area contributed by atoms with E-state index >= 15 is 0 Å². The fraction of sp³-hybridized carbons (Fsp3) is 0.125. The standard InChI is InChI=1S/C8H8N2O3S/c9-8(14)13-5-6-1-3-7(4-2-6)10(11)12/h1-4H,5H2,(H2,9,14). The van der Waals surface area contributed by atoms with Crippen LogP contribution in [0, 0.1) is 10.1 Å². The van der Waals surface area contributed by atoms with Crippen LogP contribution in [0.2, 0.25) is 0 Å². The van der Waals surface area contributed by atoms with Crippen LogP contribution in [0.15, 0.2) is 24.3 Å². The van der Waals surface area contributed by atoms with E-state index in [1.54, 1.807) is 12.1 Å². The normalized spacial score (nSPS) is 9.43. The van der Waals surface area contributed by atoms with Crippen LogP contribution in [-0.4, -0.2) is 10.1 Å². The van der Waals surface area contributed by atoms with E-state index in [1.165, 1.54) is 12.1 Å². The lowest BCUT2D eigenvalue weighted by Gasteiger charge is -2.02. The predicted octanol–water partition coefficient (Wildman–Crippen LogP) is 1.35. The Hall–Kier alpha value is -1.69. The molecule has 0 heterocycles. The van der Waals surface area contributed by atoms with E-state index < -0.39 is 4.92 Å². The second-order valence-electron chi connectivity index (χ2n) is 2.53. The zero-order valence-electron chi connectivity index (χ0n) is 7.17. The largest absolute Gasteiger partial charge is 0.466 e. The van der Waals surface area contributed by atoms with E-state index in [4.69, 9.17) is 10.5 Å². The second-order valence-corrected chi connectivity index (χ2v) is 2.93. The molecule has 74 valence electrons. The van der Waals surface area contributed by atoms with Gasteiger partial charge in [0, 0.05) is 12.1 Å². The summed E-state index contributed by atoms with van der Waals surface area (Å²) in [6, 6.07) is 5.99. The van der Waals surface area contributed by atoms with Gasteiger partial charge >= 0.3 is 0 Å². The number of thiocarbonyl (C=S) groups is 1. The first-order valence-electron chi connectivity index (χ1n) is 3.75. The Labute approximate surface area is 85.6 Å². The van der Waals surface area contributed by atoms with Crippen molar-refractivity contribution in [1.82, 2.24) is 0 Å². The summed E-state index contributed by atoms with van der Waals surface area (Å²) in [5.41, 5.74) is 5.95. The number of nitrogens with zero attached hydrogens (tertiary/aromatic N) is 1. The Morgan fingerprint density at radius 3 is 2.50 bits per heavy atom. The molecule has 0 aliphatic heterocycles. The summed E-state index contributed by atoms with van der Waals surface area (Å²) in [6.07, 6.45) is 0. The number of hydrogen-bond acceptors (Lipinski definition) is 4. The van der Waals surface area contributed by atoms with E-state index in [9.17, 15) is 10.1 Å². The molecular formula is C8H8N2O3S. The average molecular weight is 212 g/mol. The third kappa shape index (κ3) is 2.98. The zero-order valence-corrected chi connectivity index (χ0v) is 7.99. The molecular weight excluding hydrogens is 204 g/mol. The fourth-order valence-corrected chi connectivity index (χ4v) is 0.927. The van der Waals surface area contributed by atoms with Gasteiger partial charge in [0.15, 0.2) is 0 Å². The van der Waals surface area contributed by atoms with Gasteiger partial charge in [0.05, 0.1) is 4.92 Å². The van der Waals surface area contributed by atoms with Gasteiger partial charge in [0.2, 0.25) is 0 Å². The highest BCUT2D eigenvalue weighted by molar-refractivity contribution is 7.80. The molecule has 0 aromatic heterocycles. The van der Waals surface area contributed by atoms with Gasteiger partial charge in [-0.1, -0.05) is 0 Å². The summed E-state index contributed by atoms with van der Waals surface area (Å²) in [5, 5.41) is 10.3. The number of non-ortho nitro benzene ring substituents is 1. The van der Waals surface area contributed by atoms with Crippen LogP contribution in [0.25, 0.3) is 0 Å². The average Bonchev–Trinajstić information content (AvgIpc) is 2.15. The SMILES string of the molecule is NC(=S)OCc1ccc([N+](=O)[O-])cc1.